The van der Waals surface area contributed by atoms with E-state index >= 15 is 0 Å². The van der Waals surface area contributed by atoms with Crippen LogP contribution in [0.3, 0.4) is 0 Å². The Morgan fingerprint density at radius 2 is 2.19 bits per heavy atom. The van der Waals surface area contributed by atoms with Crippen molar-refractivity contribution >= 4 is 11.6 Å². The van der Waals surface area contributed by atoms with Gasteiger partial charge in [0.2, 0.25) is 0 Å². The molecule has 2 unspecified atom stereocenters. The lowest BCUT2D eigenvalue weighted by Gasteiger charge is -2.24. The van der Waals surface area contributed by atoms with E-state index in [1.807, 2.05) is 6.07 Å². The summed E-state index contributed by atoms with van der Waals surface area (Å²) in [6.07, 6.45) is 5.68. The van der Waals surface area contributed by atoms with E-state index in [0.717, 1.165) is 18.0 Å². The van der Waals surface area contributed by atoms with E-state index in [2.05, 4.69) is 31.1 Å². The zero-order valence-corrected chi connectivity index (χ0v) is 11.1. The topological polar surface area (TPSA) is 24.9 Å². The van der Waals surface area contributed by atoms with Gasteiger partial charge >= 0.3 is 0 Å². The van der Waals surface area contributed by atoms with E-state index in [9.17, 15) is 0 Å². The van der Waals surface area contributed by atoms with Crippen molar-refractivity contribution in [3.8, 4) is 0 Å². The fourth-order valence-electron chi connectivity index (χ4n) is 1.83. The van der Waals surface area contributed by atoms with Gasteiger partial charge in [0, 0.05) is 18.4 Å². The van der Waals surface area contributed by atoms with Crippen LogP contribution in [0.4, 0.5) is 0 Å². The molecule has 1 aromatic rings. The summed E-state index contributed by atoms with van der Waals surface area (Å²) in [5.41, 5.74) is 1.18. The normalized spacial score (nSPS) is 14.8. The highest BCUT2D eigenvalue weighted by Gasteiger charge is 2.16. The predicted molar refractivity (Wildman–Crippen MR) is 69.9 cm³/mol. The summed E-state index contributed by atoms with van der Waals surface area (Å²) >= 11 is 6.13. The molecule has 0 aromatic carbocycles. The monoisotopic (exact) mass is 240 g/mol. The molecule has 0 aliphatic rings. The molecule has 90 valence electrons. The van der Waals surface area contributed by atoms with Gasteiger partial charge < -0.3 is 5.32 Å². The SMILES string of the molecule is CCNC(Cc1ccncc1Cl)C(C)CC. The van der Waals surface area contributed by atoms with Crippen molar-refractivity contribution in [3.05, 3.63) is 29.0 Å². The van der Waals surface area contributed by atoms with Crippen LogP contribution in [0.1, 0.15) is 32.8 Å². The zero-order valence-electron chi connectivity index (χ0n) is 10.3. The maximum absolute atomic E-state index is 6.13. The number of pyridine rings is 1. The van der Waals surface area contributed by atoms with Crippen molar-refractivity contribution in [2.24, 2.45) is 5.92 Å². The van der Waals surface area contributed by atoms with Crippen LogP contribution in [0, 0.1) is 5.92 Å². The predicted octanol–water partition coefficient (Wildman–Crippen LogP) is 3.30. The largest absolute Gasteiger partial charge is 0.314 e. The molecule has 0 radical (unpaired) electrons. The lowest BCUT2D eigenvalue weighted by molar-refractivity contribution is 0.371. The van der Waals surface area contributed by atoms with Crippen LogP contribution in [0.15, 0.2) is 18.5 Å². The molecule has 1 rings (SSSR count). The lowest BCUT2D eigenvalue weighted by atomic mass is 9.93. The van der Waals surface area contributed by atoms with Crippen LogP contribution in [0.25, 0.3) is 0 Å². The minimum Gasteiger partial charge on any atom is -0.314 e. The summed E-state index contributed by atoms with van der Waals surface area (Å²) in [6.45, 7) is 7.65. The Kier molecular flexibility index (Phi) is 5.78. The fourth-order valence-corrected chi connectivity index (χ4v) is 2.02. The number of rotatable bonds is 6. The first-order chi connectivity index (χ1) is 7.69. The maximum Gasteiger partial charge on any atom is 0.0621 e. The number of nitrogens with zero attached hydrogens (tertiary/aromatic N) is 1. The van der Waals surface area contributed by atoms with Gasteiger partial charge in [0.1, 0.15) is 0 Å². The van der Waals surface area contributed by atoms with Gasteiger partial charge in [-0.05, 0) is 30.5 Å². The summed E-state index contributed by atoms with van der Waals surface area (Å²) < 4.78 is 0. The molecule has 1 aromatic heterocycles. The second kappa shape index (κ2) is 6.87. The molecule has 0 saturated carbocycles. The molecule has 0 saturated heterocycles. The highest BCUT2D eigenvalue weighted by Crippen LogP contribution is 2.19. The molecular weight excluding hydrogens is 220 g/mol. The quantitative estimate of drug-likeness (QED) is 0.825. The Labute approximate surface area is 103 Å². The molecule has 1 heterocycles. The summed E-state index contributed by atoms with van der Waals surface area (Å²) in [4.78, 5) is 4.01. The number of likely N-dealkylation sites (N-methyl/N-ethyl adjacent to an activating group) is 1. The van der Waals surface area contributed by atoms with E-state index in [1.54, 1.807) is 12.4 Å². The Bertz CT molecular complexity index is 315. The number of aromatic nitrogens is 1. The average Bonchev–Trinajstić information content (AvgIpc) is 2.30. The van der Waals surface area contributed by atoms with Crippen LogP contribution in [-0.4, -0.2) is 17.6 Å². The molecule has 0 aliphatic carbocycles. The smallest absolute Gasteiger partial charge is 0.0621 e. The van der Waals surface area contributed by atoms with Crippen LogP contribution < -0.4 is 5.32 Å². The van der Waals surface area contributed by atoms with Gasteiger partial charge in [-0.1, -0.05) is 38.8 Å². The highest BCUT2D eigenvalue weighted by molar-refractivity contribution is 6.31. The van der Waals surface area contributed by atoms with Gasteiger partial charge in [-0.15, -0.1) is 0 Å². The Morgan fingerprint density at radius 1 is 1.44 bits per heavy atom. The van der Waals surface area contributed by atoms with Crippen molar-refractivity contribution in [2.75, 3.05) is 6.54 Å². The molecule has 0 bridgehead atoms. The second-order valence-corrected chi connectivity index (χ2v) is 4.63. The molecule has 0 aliphatic heterocycles. The average molecular weight is 241 g/mol. The highest BCUT2D eigenvalue weighted by atomic mass is 35.5. The van der Waals surface area contributed by atoms with Gasteiger partial charge in [0.15, 0.2) is 0 Å². The minimum atomic E-state index is 0.495. The maximum atomic E-state index is 6.13. The standard InChI is InChI=1S/C13H21ClN2/c1-4-10(3)13(16-5-2)8-11-6-7-15-9-12(11)14/h6-7,9-10,13,16H,4-5,8H2,1-3H3. The van der Waals surface area contributed by atoms with Crippen LogP contribution >= 0.6 is 11.6 Å². The molecule has 2 nitrogen and oxygen atoms in total. The molecule has 1 N–H and O–H groups in total. The van der Waals surface area contributed by atoms with Crippen LogP contribution in [-0.2, 0) is 6.42 Å². The summed E-state index contributed by atoms with van der Waals surface area (Å²) in [6, 6.07) is 2.50. The Hall–Kier alpha value is -0.600. The Balaban J connectivity index is 2.71. The van der Waals surface area contributed by atoms with E-state index < -0.39 is 0 Å². The van der Waals surface area contributed by atoms with Gasteiger partial charge in [0.25, 0.3) is 0 Å². The van der Waals surface area contributed by atoms with Crippen molar-refractivity contribution in [3.63, 3.8) is 0 Å². The molecule has 0 spiro atoms. The third-order valence-electron chi connectivity index (χ3n) is 3.09. The number of halogens is 1. The van der Waals surface area contributed by atoms with Crippen molar-refractivity contribution in [2.45, 2.75) is 39.7 Å². The summed E-state index contributed by atoms with van der Waals surface area (Å²) in [5.74, 6) is 0.657. The fraction of sp³-hybridized carbons (Fsp3) is 0.615. The van der Waals surface area contributed by atoms with E-state index in [-0.39, 0.29) is 0 Å². The third-order valence-corrected chi connectivity index (χ3v) is 3.43. The van der Waals surface area contributed by atoms with Crippen LogP contribution in [0.5, 0.6) is 0 Å². The van der Waals surface area contributed by atoms with Crippen molar-refractivity contribution in [1.29, 1.82) is 0 Å². The number of hydrogen-bond acceptors (Lipinski definition) is 2. The lowest BCUT2D eigenvalue weighted by Crippen LogP contribution is -2.36. The van der Waals surface area contributed by atoms with Crippen molar-refractivity contribution < 1.29 is 0 Å². The Morgan fingerprint density at radius 3 is 2.75 bits per heavy atom. The molecular formula is C13H21ClN2. The third kappa shape index (κ3) is 3.76. The van der Waals surface area contributed by atoms with E-state index in [0.29, 0.717) is 12.0 Å². The summed E-state index contributed by atoms with van der Waals surface area (Å²) in [7, 11) is 0. The zero-order chi connectivity index (χ0) is 12.0. The second-order valence-electron chi connectivity index (χ2n) is 4.22. The van der Waals surface area contributed by atoms with Gasteiger partial charge in [0.05, 0.1) is 5.02 Å². The first-order valence-electron chi connectivity index (χ1n) is 6.00. The van der Waals surface area contributed by atoms with Crippen LogP contribution in [0.2, 0.25) is 5.02 Å². The molecule has 3 heteroatoms. The first kappa shape index (κ1) is 13.5. The molecule has 0 fully saturated rings. The van der Waals surface area contributed by atoms with Gasteiger partial charge in [-0.2, -0.15) is 0 Å². The minimum absolute atomic E-state index is 0.495. The summed E-state index contributed by atoms with van der Waals surface area (Å²) in [5, 5.41) is 4.30. The van der Waals surface area contributed by atoms with E-state index in [4.69, 9.17) is 11.6 Å². The molecule has 0 amide bonds. The van der Waals surface area contributed by atoms with Gasteiger partial charge in [-0.25, -0.2) is 0 Å². The van der Waals surface area contributed by atoms with E-state index in [1.165, 1.54) is 12.0 Å². The number of nitrogens with one attached hydrogen (secondary N) is 1. The van der Waals surface area contributed by atoms with Crippen molar-refractivity contribution in [1.82, 2.24) is 10.3 Å². The molecule has 16 heavy (non-hydrogen) atoms. The molecule has 2 atom stereocenters. The van der Waals surface area contributed by atoms with Gasteiger partial charge in [-0.3, -0.25) is 4.98 Å². The number of hydrogen-bond donors (Lipinski definition) is 1. The first-order valence-corrected chi connectivity index (χ1v) is 6.38.